The lowest BCUT2D eigenvalue weighted by Crippen LogP contribution is -2.18. The van der Waals surface area contributed by atoms with E-state index in [-0.39, 0.29) is 17.5 Å². The Kier molecular flexibility index (Phi) is 4.33. The predicted molar refractivity (Wildman–Crippen MR) is 96.5 cm³/mol. The third-order valence-electron chi connectivity index (χ3n) is 5.22. The third kappa shape index (κ3) is 3.64. The second-order valence-electron chi connectivity index (χ2n) is 7.11. The Hall–Kier alpha value is -2.56. The lowest BCUT2D eigenvalue weighted by molar-refractivity contribution is -0.274. The number of fused-ring (bicyclic) bond motifs is 2. The normalized spacial score (nSPS) is 17.0. The first-order valence-electron chi connectivity index (χ1n) is 8.86. The zero-order valence-electron chi connectivity index (χ0n) is 14.7. The Morgan fingerprint density at radius 3 is 2.56 bits per heavy atom. The topological polar surface area (TPSA) is 9.23 Å². The second kappa shape index (κ2) is 6.55. The van der Waals surface area contributed by atoms with Crippen LogP contribution in [0.5, 0.6) is 5.75 Å². The van der Waals surface area contributed by atoms with Crippen LogP contribution in [0.15, 0.2) is 48.5 Å². The molecule has 1 atom stereocenters. The summed E-state index contributed by atoms with van der Waals surface area (Å²) in [4.78, 5) is 0. The number of hydrogen-bond acceptors (Lipinski definition) is 1. The van der Waals surface area contributed by atoms with E-state index in [4.69, 9.17) is 0 Å². The number of halogens is 4. The molecule has 0 aliphatic heterocycles. The summed E-state index contributed by atoms with van der Waals surface area (Å²) < 4.78 is 56.2. The van der Waals surface area contributed by atoms with Crippen LogP contribution < -0.4 is 4.74 Å². The summed E-state index contributed by atoms with van der Waals surface area (Å²) in [5.41, 5.74) is 3.54. The third-order valence-corrected chi connectivity index (χ3v) is 5.22. The van der Waals surface area contributed by atoms with Crippen molar-refractivity contribution in [2.75, 3.05) is 0 Å². The van der Waals surface area contributed by atoms with Gasteiger partial charge in [-0.15, -0.1) is 13.2 Å². The van der Waals surface area contributed by atoms with Gasteiger partial charge >= 0.3 is 6.36 Å². The smallest absolute Gasteiger partial charge is 0.406 e. The fourth-order valence-corrected chi connectivity index (χ4v) is 3.94. The molecule has 0 bridgehead atoms. The van der Waals surface area contributed by atoms with Gasteiger partial charge in [0.2, 0.25) is 0 Å². The molecular formula is C22H18F4O. The van der Waals surface area contributed by atoms with Crippen LogP contribution in [-0.2, 0) is 12.8 Å². The van der Waals surface area contributed by atoms with Crippen LogP contribution in [0.3, 0.4) is 0 Å². The highest BCUT2D eigenvalue weighted by Gasteiger charge is 2.32. The van der Waals surface area contributed by atoms with E-state index in [1.807, 2.05) is 31.2 Å². The van der Waals surface area contributed by atoms with Crippen molar-refractivity contribution in [2.45, 2.75) is 38.5 Å². The van der Waals surface area contributed by atoms with E-state index in [2.05, 4.69) is 4.74 Å². The molecule has 5 heteroatoms. The van der Waals surface area contributed by atoms with Crippen LogP contribution in [-0.4, -0.2) is 6.36 Å². The van der Waals surface area contributed by atoms with Gasteiger partial charge in [-0.3, -0.25) is 0 Å². The van der Waals surface area contributed by atoms with Gasteiger partial charge in [-0.2, -0.15) is 0 Å². The number of alkyl halides is 3. The summed E-state index contributed by atoms with van der Waals surface area (Å²) >= 11 is 0. The first-order valence-corrected chi connectivity index (χ1v) is 8.86. The van der Waals surface area contributed by atoms with E-state index in [1.165, 1.54) is 12.1 Å². The minimum absolute atomic E-state index is 0.0117. The highest BCUT2D eigenvalue weighted by atomic mass is 19.4. The average molecular weight is 374 g/mol. The Bertz CT molecular complexity index is 1010. The summed E-state index contributed by atoms with van der Waals surface area (Å²) in [6.45, 7) is 1.97. The van der Waals surface area contributed by atoms with Gasteiger partial charge in [0.1, 0.15) is 11.6 Å². The molecule has 0 heterocycles. The number of aryl methyl sites for hydroxylation is 2. The molecule has 1 aliphatic rings. The molecule has 1 aliphatic carbocycles. The Morgan fingerprint density at radius 2 is 1.78 bits per heavy atom. The minimum Gasteiger partial charge on any atom is -0.406 e. The monoisotopic (exact) mass is 374 g/mol. The van der Waals surface area contributed by atoms with Crippen molar-refractivity contribution in [3.05, 3.63) is 76.6 Å². The Morgan fingerprint density at radius 1 is 0.963 bits per heavy atom. The molecule has 1 nitrogen and oxygen atoms in total. The quantitative estimate of drug-likeness (QED) is 0.468. The molecule has 27 heavy (non-hydrogen) atoms. The zero-order valence-corrected chi connectivity index (χ0v) is 14.7. The van der Waals surface area contributed by atoms with Crippen LogP contribution in [0.4, 0.5) is 17.6 Å². The maximum absolute atomic E-state index is 15.1. The van der Waals surface area contributed by atoms with Crippen LogP contribution in [0.25, 0.3) is 10.8 Å². The second-order valence-corrected chi connectivity index (χ2v) is 7.11. The average Bonchev–Trinajstić information content (AvgIpc) is 2.60. The van der Waals surface area contributed by atoms with Crippen molar-refractivity contribution in [3.63, 3.8) is 0 Å². The summed E-state index contributed by atoms with van der Waals surface area (Å²) in [6, 6.07) is 13.9. The molecule has 140 valence electrons. The minimum atomic E-state index is -4.70. The number of benzene rings is 3. The van der Waals surface area contributed by atoms with Gasteiger partial charge in [0, 0.05) is 5.39 Å². The SMILES string of the molecule is Cc1ccc2c(F)c(C3CCc4cc(OC(F)(F)F)ccc4C3)ccc2c1. The van der Waals surface area contributed by atoms with E-state index in [0.717, 1.165) is 22.1 Å². The molecule has 0 saturated heterocycles. The molecule has 0 N–H and O–H groups in total. The fraction of sp³-hybridized carbons (Fsp3) is 0.273. The van der Waals surface area contributed by atoms with Crippen molar-refractivity contribution in [3.8, 4) is 5.75 Å². The van der Waals surface area contributed by atoms with Crippen LogP contribution >= 0.6 is 0 Å². The lowest BCUT2D eigenvalue weighted by atomic mass is 9.79. The standard InChI is InChI=1S/C22H18F4O/c1-13-2-8-19-16(10-13)6-9-20(21(19)23)17-4-3-15-12-18(27-22(24,25)26)7-5-14(15)11-17/h2,5-10,12,17H,3-4,11H2,1H3. The molecule has 0 saturated carbocycles. The van der Waals surface area contributed by atoms with Crippen LogP contribution in [0, 0.1) is 12.7 Å². The molecule has 4 rings (SSSR count). The maximum Gasteiger partial charge on any atom is 0.573 e. The van der Waals surface area contributed by atoms with Gasteiger partial charge in [-0.05, 0) is 66.3 Å². The van der Waals surface area contributed by atoms with E-state index < -0.39 is 6.36 Å². The molecule has 0 spiro atoms. The van der Waals surface area contributed by atoms with Gasteiger partial charge in [0.25, 0.3) is 0 Å². The fourth-order valence-electron chi connectivity index (χ4n) is 3.94. The van der Waals surface area contributed by atoms with Crippen molar-refractivity contribution in [2.24, 2.45) is 0 Å². The largest absolute Gasteiger partial charge is 0.573 e. The maximum atomic E-state index is 15.1. The van der Waals surface area contributed by atoms with Gasteiger partial charge in [-0.25, -0.2) is 4.39 Å². The van der Waals surface area contributed by atoms with Gasteiger partial charge in [0.15, 0.2) is 0 Å². The Balaban J connectivity index is 1.62. The number of rotatable bonds is 2. The first kappa shape index (κ1) is 17.8. The van der Waals surface area contributed by atoms with E-state index in [9.17, 15) is 13.2 Å². The van der Waals surface area contributed by atoms with Gasteiger partial charge in [-0.1, -0.05) is 42.0 Å². The summed E-state index contributed by atoms with van der Waals surface area (Å²) in [5, 5.41) is 1.49. The lowest BCUT2D eigenvalue weighted by Gasteiger charge is -2.26. The molecule has 3 aromatic rings. The molecule has 0 amide bonds. The highest BCUT2D eigenvalue weighted by Crippen LogP contribution is 2.37. The van der Waals surface area contributed by atoms with Crippen LogP contribution in [0.1, 0.15) is 34.6 Å². The molecule has 1 unspecified atom stereocenters. The predicted octanol–water partition coefficient (Wildman–Crippen LogP) is 6.46. The molecule has 3 aromatic carbocycles. The van der Waals surface area contributed by atoms with Crippen molar-refractivity contribution < 1.29 is 22.3 Å². The first-order chi connectivity index (χ1) is 12.8. The molecular weight excluding hydrogens is 356 g/mol. The summed E-state index contributed by atoms with van der Waals surface area (Å²) in [5.74, 6) is -0.387. The Labute approximate surface area is 154 Å². The number of ether oxygens (including phenoxy) is 1. The highest BCUT2D eigenvalue weighted by molar-refractivity contribution is 5.84. The molecule has 0 fully saturated rings. The van der Waals surface area contributed by atoms with Crippen molar-refractivity contribution in [1.29, 1.82) is 0 Å². The zero-order chi connectivity index (χ0) is 19.2. The van der Waals surface area contributed by atoms with Crippen molar-refractivity contribution in [1.82, 2.24) is 0 Å². The van der Waals surface area contributed by atoms with E-state index in [0.29, 0.717) is 30.2 Å². The summed E-state index contributed by atoms with van der Waals surface area (Å²) in [6.07, 6.45) is -2.80. The number of hydrogen-bond donors (Lipinski definition) is 0. The van der Waals surface area contributed by atoms with Crippen molar-refractivity contribution >= 4 is 10.8 Å². The van der Waals surface area contributed by atoms with Gasteiger partial charge < -0.3 is 4.74 Å². The van der Waals surface area contributed by atoms with Crippen LogP contribution in [0.2, 0.25) is 0 Å². The van der Waals surface area contributed by atoms with Gasteiger partial charge in [0.05, 0.1) is 0 Å². The molecule has 0 aromatic heterocycles. The summed E-state index contributed by atoms with van der Waals surface area (Å²) in [7, 11) is 0. The molecule has 0 radical (unpaired) electrons. The van der Waals surface area contributed by atoms with E-state index in [1.54, 1.807) is 12.1 Å². The van der Waals surface area contributed by atoms with E-state index >= 15 is 4.39 Å².